The number of carbonyl (C=O) groups excluding carboxylic acids is 1. The normalized spacial score (nSPS) is 20.2. The first-order valence-electron chi connectivity index (χ1n) is 12.6. The number of rotatable bonds is 6. The molecule has 6 heteroatoms. The van der Waals surface area contributed by atoms with Crippen LogP contribution in [0.15, 0.2) is 36.4 Å². The highest BCUT2D eigenvalue weighted by molar-refractivity contribution is 6.32. The molecule has 0 aliphatic carbocycles. The van der Waals surface area contributed by atoms with E-state index in [1.54, 1.807) is 24.3 Å². The number of ether oxygens (including phenoxy) is 1. The van der Waals surface area contributed by atoms with Crippen LogP contribution in [-0.2, 0) is 0 Å². The van der Waals surface area contributed by atoms with Gasteiger partial charge in [-0.05, 0) is 108 Å². The van der Waals surface area contributed by atoms with E-state index in [1.807, 2.05) is 12.1 Å². The van der Waals surface area contributed by atoms with Crippen molar-refractivity contribution < 1.29 is 9.53 Å². The first kappa shape index (κ1) is 25.7. The molecule has 0 amide bonds. The summed E-state index contributed by atoms with van der Waals surface area (Å²) in [5, 5.41) is 17.3. The van der Waals surface area contributed by atoms with E-state index >= 15 is 0 Å². The number of nitriles is 1. The molecule has 4 rings (SSSR count). The fourth-order valence-electron chi connectivity index (χ4n) is 6.16. The van der Waals surface area contributed by atoms with Gasteiger partial charge in [-0.1, -0.05) is 23.7 Å². The molecule has 2 N–H and O–H groups in total. The van der Waals surface area contributed by atoms with Crippen molar-refractivity contribution in [2.45, 2.75) is 76.8 Å². The molecular weight excluding hydrogens is 458 g/mol. The van der Waals surface area contributed by atoms with Crippen LogP contribution in [0.5, 0.6) is 11.5 Å². The fourth-order valence-corrected chi connectivity index (χ4v) is 6.38. The van der Waals surface area contributed by atoms with E-state index in [9.17, 15) is 10.1 Å². The molecule has 2 aliphatic heterocycles. The van der Waals surface area contributed by atoms with E-state index in [2.05, 4.69) is 44.4 Å². The van der Waals surface area contributed by atoms with Crippen LogP contribution in [0, 0.1) is 17.2 Å². The Kier molecular flexibility index (Phi) is 7.57. The molecule has 5 nitrogen and oxygen atoms in total. The van der Waals surface area contributed by atoms with Gasteiger partial charge < -0.3 is 15.4 Å². The number of hydrogen-bond acceptors (Lipinski definition) is 5. The molecule has 35 heavy (non-hydrogen) atoms. The quantitative estimate of drug-likeness (QED) is 0.443. The maximum Gasteiger partial charge on any atom is 0.163 e. The van der Waals surface area contributed by atoms with Gasteiger partial charge in [-0.3, -0.25) is 4.79 Å². The molecule has 0 radical (unpaired) electrons. The molecule has 0 bridgehead atoms. The van der Waals surface area contributed by atoms with Crippen LogP contribution < -0.4 is 15.4 Å². The number of Topliss-reactive ketones (excluding diaryl/α,β-unsaturated/α-hetero) is 1. The monoisotopic (exact) mass is 493 g/mol. The zero-order valence-electron chi connectivity index (χ0n) is 21.2. The summed E-state index contributed by atoms with van der Waals surface area (Å²) in [4.78, 5) is 13.1. The zero-order valence-corrected chi connectivity index (χ0v) is 22.0. The average molecular weight is 494 g/mol. The largest absolute Gasteiger partial charge is 0.454 e. The number of hydrogen-bond donors (Lipinski definition) is 2. The number of ketones is 1. The summed E-state index contributed by atoms with van der Waals surface area (Å²) >= 11 is 6.56. The summed E-state index contributed by atoms with van der Waals surface area (Å²) in [6, 6.07) is 13.3. The second-order valence-electron chi connectivity index (χ2n) is 11.4. The first-order valence-corrected chi connectivity index (χ1v) is 13.0. The third-order valence-electron chi connectivity index (χ3n) is 7.17. The minimum absolute atomic E-state index is 0.00314. The molecule has 0 unspecified atom stereocenters. The number of carbonyl (C=O) groups is 1. The van der Waals surface area contributed by atoms with Crippen molar-refractivity contribution in [1.82, 2.24) is 10.6 Å². The Bertz CT molecular complexity index is 1110. The van der Waals surface area contributed by atoms with Crippen molar-refractivity contribution in [3.8, 4) is 17.6 Å². The maximum atomic E-state index is 13.1. The van der Waals surface area contributed by atoms with Gasteiger partial charge in [-0.15, -0.1) is 0 Å². The van der Waals surface area contributed by atoms with Crippen molar-refractivity contribution >= 4 is 17.4 Å². The van der Waals surface area contributed by atoms with Gasteiger partial charge in [0.05, 0.1) is 10.6 Å². The van der Waals surface area contributed by atoms with E-state index in [-0.39, 0.29) is 16.9 Å². The maximum absolute atomic E-state index is 13.1. The molecule has 2 aromatic carbocycles. The third kappa shape index (κ3) is 6.25. The molecule has 186 valence electrons. The van der Waals surface area contributed by atoms with Crippen LogP contribution in [0.2, 0.25) is 5.02 Å². The van der Waals surface area contributed by atoms with Gasteiger partial charge in [0.2, 0.25) is 0 Å². The lowest BCUT2D eigenvalue weighted by atomic mass is 9.74. The van der Waals surface area contributed by atoms with Gasteiger partial charge in [0, 0.05) is 23.1 Å². The molecule has 2 fully saturated rings. The predicted molar refractivity (Wildman–Crippen MR) is 140 cm³/mol. The highest BCUT2D eigenvalue weighted by atomic mass is 35.5. The van der Waals surface area contributed by atoms with Gasteiger partial charge in [0.25, 0.3) is 0 Å². The third-order valence-corrected chi connectivity index (χ3v) is 7.47. The van der Waals surface area contributed by atoms with Crippen molar-refractivity contribution in [2.24, 2.45) is 5.92 Å². The van der Waals surface area contributed by atoms with Crippen LogP contribution in [0.4, 0.5) is 0 Å². The summed E-state index contributed by atoms with van der Waals surface area (Å²) in [7, 11) is 0. The van der Waals surface area contributed by atoms with Crippen molar-refractivity contribution in [1.29, 1.82) is 5.26 Å². The highest BCUT2D eigenvalue weighted by Crippen LogP contribution is 2.38. The molecule has 0 atom stereocenters. The highest BCUT2D eigenvalue weighted by Gasteiger charge is 2.38. The molecule has 2 aromatic rings. The van der Waals surface area contributed by atoms with Crippen molar-refractivity contribution in [3.05, 3.63) is 58.1 Å². The van der Waals surface area contributed by atoms with Crippen LogP contribution in [0.25, 0.3) is 0 Å². The van der Waals surface area contributed by atoms with Crippen molar-refractivity contribution in [3.63, 3.8) is 0 Å². The lowest BCUT2D eigenvalue weighted by Gasteiger charge is -2.46. The molecule has 2 heterocycles. The summed E-state index contributed by atoms with van der Waals surface area (Å²) in [5.41, 5.74) is 2.20. The van der Waals surface area contributed by atoms with Gasteiger partial charge in [0.15, 0.2) is 5.78 Å². The Morgan fingerprint density at radius 2 is 1.77 bits per heavy atom. The second kappa shape index (κ2) is 10.3. The summed E-state index contributed by atoms with van der Waals surface area (Å²) < 4.78 is 6.11. The Morgan fingerprint density at radius 3 is 2.40 bits per heavy atom. The van der Waals surface area contributed by atoms with Gasteiger partial charge in [-0.25, -0.2) is 0 Å². The van der Waals surface area contributed by atoms with E-state index < -0.39 is 0 Å². The van der Waals surface area contributed by atoms with Crippen LogP contribution in [-0.4, -0.2) is 30.0 Å². The van der Waals surface area contributed by atoms with Crippen LogP contribution in [0.1, 0.15) is 87.2 Å². The Labute approximate surface area is 214 Å². The number of nitrogens with zero attached hydrogens (tertiary/aromatic N) is 1. The van der Waals surface area contributed by atoms with E-state index in [0.717, 1.165) is 44.3 Å². The smallest absolute Gasteiger partial charge is 0.163 e. The molecule has 0 saturated carbocycles. The van der Waals surface area contributed by atoms with Gasteiger partial charge >= 0.3 is 0 Å². The number of halogens is 1. The summed E-state index contributed by atoms with van der Waals surface area (Å²) in [5.74, 6) is 1.71. The number of piperidine rings is 2. The Balaban J connectivity index is 1.49. The number of benzene rings is 2. The first-order chi connectivity index (χ1) is 16.6. The standard InChI is InChI=1S/C29H36ClN3O2/c1-28(2)16-19(17-29(3,4)33-28)14-25(34)21-8-9-27(24(30)15-21)35-26-7-5-6-22(23(26)18-31)20-10-12-32-13-11-20/h5-9,15,19-20,32-33H,10-14,16-17H2,1-4H3. The second-order valence-corrected chi connectivity index (χ2v) is 11.8. The zero-order chi connectivity index (χ0) is 25.2. The lowest BCUT2D eigenvalue weighted by Crippen LogP contribution is -2.57. The molecular formula is C29H36ClN3O2. The van der Waals surface area contributed by atoms with Gasteiger partial charge in [0.1, 0.15) is 17.6 Å². The van der Waals surface area contributed by atoms with Gasteiger partial charge in [-0.2, -0.15) is 5.26 Å². The minimum Gasteiger partial charge on any atom is -0.454 e. The predicted octanol–water partition coefficient (Wildman–Crippen LogP) is 6.60. The average Bonchev–Trinajstić information content (AvgIpc) is 2.78. The number of nitrogens with one attached hydrogen (secondary N) is 2. The van der Waals surface area contributed by atoms with E-state index in [0.29, 0.717) is 45.9 Å². The summed E-state index contributed by atoms with van der Waals surface area (Å²) in [6.07, 6.45) is 4.42. The van der Waals surface area contributed by atoms with E-state index in [1.165, 1.54) is 0 Å². The lowest BCUT2D eigenvalue weighted by molar-refractivity contribution is 0.0864. The molecule has 0 spiro atoms. The van der Waals surface area contributed by atoms with Crippen LogP contribution in [0.3, 0.4) is 0 Å². The Hall–Kier alpha value is -2.39. The summed E-state index contributed by atoms with van der Waals surface area (Å²) in [6.45, 7) is 10.7. The molecule has 2 aliphatic rings. The SMILES string of the molecule is CC1(C)CC(CC(=O)c2ccc(Oc3cccc(C4CCNCC4)c3C#N)c(Cl)c2)CC(C)(C)N1. The van der Waals surface area contributed by atoms with Crippen LogP contribution >= 0.6 is 11.6 Å². The Morgan fingerprint density at radius 1 is 1.09 bits per heavy atom. The molecule has 2 saturated heterocycles. The molecule has 0 aromatic heterocycles. The van der Waals surface area contributed by atoms with E-state index in [4.69, 9.17) is 16.3 Å². The van der Waals surface area contributed by atoms with Crippen molar-refractivity contribution in [2.75, 3.05) is 13.1 Å². The minimum atomic E-state index is 0.00314. The topological polar surface area (TPSA) is 74.1 Å². The fraction of sp³-hybridized carbons (Fsp3) is 0.517.